The topological polar surface area (TPSA) is 4.44 Å². The van der Waals surface area contributed by atoms with Crippen LogP contribution in [-0.4, -0.2) is 18.6 Å². The molecule has 20 heavy (non-hydrogen) atoms. The van der Waals surface area contributed by atoms with Gasteiger partial charge in [-0.3, -0.25) is 0 Å². The fourth-order valence-corrected chi connectivity index (χ4v) is 5.53. The van der Waals surface area contributed by atoms with Crippen LogP contribution in [0.1, 0.15) is 49.1 Å². The summed E-state index contributed by atoms with van der Waals surface area (Å²) < 4.78 is 0. The van der Waals surface area contributed by atoms with Crippen LogP contribution in [-0.2, 0) is 6.42 Å². The standard InChI is InChI=1S/C18H23N.ClH/c1-2-4-15-13(3-1)9-17-16(15)10-14-7-8-18(17)19(14)11-12-5-6-12;/h1-4,12,14,16-18H,5-11H2;1H. The normalized spacial score (nSPS) is 40.9. The van der Waals surface area contributed by atoms with Crippen LogP contribution < -0.4 is 17.3 Å². The fraction of sp³-hybridized carbons (Fsp3) is 0.667. The first-order valence-electron chi connectivity index (χ1n) is 8.33. The van der Waals surface area contributed by atoms with Crippen molar-refractivity contribution in [1.29, 1.82) is 0 Å². The minimum Gasteiger partial charge on any atom is -1.00 e. The van der Waals surface area contributed by atoms with Gasteiger partial charge in [-0.2, -0.15) is 0 Å². The third-order valence-corrected chi connectivity index (χ3v) is 6.53. The van der Waals surface area contributed by atoms with Crippen molar-refractivity contribution in [3.63, 3.8) is 0 Å². The van der Waals surface area contributed by atoms with Gasteiger partial charge in [-0.05, 0) is 36.3 Å². The largest absolute Gasteiger partial charge is 1.00 e. The van der Waals surface area contributed by atoms with Crippen LogP contribution in [0.25, 0.3) is 0 Å². The average molecular weight is 290 g/mol. The first-order valence-corrected chi connectivity index (χ1v) is 8.33. The van der Waals surface area contributed by atoms with Gasteiger partial charge >= 0.3 is 0 Å². The maximum Gasteiger partial charge on any atom is 0.0916 e. The average Bonchev–Trinajstić information content (AvgIpc) is 3.10. The van der Waals surface area contributed by atoms with Crippen LogP contribution >= 0.6 is 0 Å². The van der Waals surface area contributed by atoms with Gasteiger partial charge in [0.05, 0.1) is 18.6 Å². The Morgan fingerprint density at radius 3 is 2.75 bits per heavy atom. The molecule has 0 spiro atoms. The zero-order valence-corrected chi connectivity index (χ0v) is 12.8. The van der Waals surface area contributed by atoms with Gasteiger partial charge in [0.1, 0.15) is 0 Å². The van der Waals surface area contributed by atoms with E-state index in [0.29, 0.717) is 0 Å². The summed E-state index contributed by atoms with van der Waals surface area (Å²) in [5.74, 6) is 2.99. The lowest BCUT2D eigenvalue weighted by molar-refractivity contribution is -0.947. The van der Waals surface area contributed by atoms with E-state index in [1.807, 2.05) is 4.90 Å². The number of fused-ring (bicyclic) bond motifs is 6. The zero-order chi connectivity index (χ0) is 12.4. The molecule has 0 aromatic heterocycles. The summed E-state index contributed by atoms with van der Waals surface area (Å²) >= 11 is 0. The van der Waals surface area contributed by atoms with Crippen molar-refractivity contribution in [3.05, 3.63) is 35.4 Å². The Kier molecular flexibility index (Phi) is 3.12. The number of hydrogen-bond acceptors (Lipinski definition) is 0. The van der Waals surface area contributed by atoms with E-state index in [0.717, 1.165) is 29.8 Å². The third kappa shape index (κ3) is 1.86. The number of rotatable bonds is 2. The number of hydrogen-bond donors (Lipinski definition) is 1. The van der Waals surface area contributed by atoms with Crippen LogP contribution in [0.4, 0.5) is 0 Å². The number of benzene rings is 1. The molecule has 1 N–H and O–H groups in total. The molecule has 2 aliphatic carbocycles. The van der Waals surface area contributed by atoms with Crippen LogP contribution in [0.2, 0.25) is 0 Å². The smallest absolute Gasteiger partial charge is 0.0916 e. The minimum absolute atomic E-state index is 0. The van der Waals surface area contributed by atoms with Crippen molar-refractivity contribution in [2.24, 2.45) is 11.8 Å². The molecule has 2 saturated heterocycles. The highest BCUT2D eigenvalue weighted by Gasteiger charge is 2.54. The Labute approximate surface area is 128 Å². The van der Waals surface area contributed by atoms with Crippen molar-refractivity contribution < 1.29 is 17.3 Å². The maximum absolute atomic E-state index is 2.42. The highest BCUT2D eigenvalue weighted by Crippen LogP contribution is 2.47. The number of nitrogens with one attached hydrogen (secondary N) is 1. The molecule has 5 unspecified atom stereocenters. The quantitative estimate of drug-likeness (QED) is 0.725. The molecule has 108 valence electrons. The first kappa shape index (κ1) is 13.2. The summed E-state index contributed by atoms with van der Waals surface area (Å²) in [4.78, 5) is 2.02. The van der Waals surface area contributed by atoms with E-state index in [9.17, 15) is 0 Å². The molecular formula is C18H24ClN. The van der Waals surface area contributed by atoms with Gasteiger partial charge in [-0.15, -0.1) is 0 Å². The lowest BCUT2D eigenvalue weighted by Crippen LogP contribution is -3.19. The van der Waals surface area contributed by atoms with E-state index in [-0.39, 0.29) is 12.4 Å². The molecule has 1 saturated carbocycles. The summed E-state index contributed by atoms with van der Waals surface area (Å²) in [5.41, 5.74) is 3.39. The molecule has 2 heteroatoms. The van der Waals surface area contributed by atoms with Gasteiger partial charge in [0, 0.05) is 31.1 Å². The molecule has 1 nitrogen and oxygen atoms in total. The van der Waals surface area contributed by atoms with Crippen LogP contribution in [0.3, 0.4) is 0 Å². The summed E-state index contributed by atoms with van der Waals surface area (Å²) in [5, 5.41) is 0. The van der Waals surface area contributed by atoms with Gasteiger partial charge < -0.3 is 17.3 Å². The predicted molar refractivity (Wildman–Crippen MR) is 76.4 cm³/mol. The molecule has 5 rings (SSSR count). The van der Waals surface area contributed by atoms with Gasteiger partial charge in [0.2, 0.25) is 0 Å². The SMILES string of the molecule is [Cl-].c1ccc2c(c1)CC1C2CC2CCC1[NH+]2CC1CC1. The van der Waals surface area contributed by atoms with Gasteiger partial charge in [-0.1, -0.05) is 24.3 Å². The second-order valence-electron chi connectivity index (χ2n) is 7.51. The highest BCUT2D eigenvalue weighted by atomic mass is 35.5. The highest BCUT2D eigenvalue weighted by molar-refractivity contribution is 5.37. The molecule has 3 fully saturated rings. The summed E-state index contributed by atoms with van der Waals surface area (Å²) in [7, 11) is 0. The lowest BCUT2D eigenvalue weighted by atomic mass is 9.80. The van der Waals surface area contributed by atoms with Crippen molar-refractivity contribution >= 4 is 0 Å². The van der Waals surface area contributed by atoms with Crippen molar-refractivity contribution in [3.8, 4) is 0 Å². The van der Waals surface area contributed by atoms with E-state index in [4.69, 9.17) is 0 Å². The summed E-state index contributed by atoms with van der Waals surface area (Å²) in [6, 6.07) is 11.3. The molecule has 1 aromatic rings. The van der Waals surface area contributed by atoms with E-state index >= 15 is 0 Å². The second kappa shape index (κ2) is 4.74. The maximum atomic E-state index is 2.42. The second-order valence-corrected chi connectivity index (χ2v) is 7.51. The fourth-order valence-electron chi connectivity index (χ4n) is 5.53. The van der Waals surface area contributed by atoms with Crippen LogP contribution in [0, 0.1) is 11.8 Å². The molecule has 0 amide bonds. The van der Waals surface area contributed by atoms with Crippen molar-refractivity contribution in [1.82, 2.24) is 0 Å². The minimum atomic E-state index is 0. The van der Waals surface area contributed by atoms with E-state index in [1.54, 1.807) is 11.1 Å². The Morgan fingerprint density at radius 1 is 1.05 bits per heavy atom. The van der Waals surface area contributed by atoms with Crippen LogP contribution in [0.15, 0.2) is 24.3 Å². The van der Waals surface area contributed by atoms with Gasteiger partial charge in [0.15, 0.2) is 0 Å². The molecule has 2 heterocycles. The van der Waals surface area contributed by atoms with Gasteiger partial charge in [-0.25, -0.2) is 0 Å². The molecule has 0 radical (unpaired) electrons. The van der Waals surface area contributed by atoms with Gasteiger partial charge in [0.25, 0.3) is 0 Å². The lowest BCUT2D eigenvalue weighted by Gasteiger charge is -2.39. The summed E-state index contributed by atoms with van der Waals surface area (Å²) in [6.07, 6.45) is 8.95. The molecule has 5 atom stereocenters. The Hall–Kier alpha value is -0.530. The first-order chi connectivity index (χ1) is 9.40. The van der Waals surface area contributed by atoms with E-state index < -0.39 is 0 Å². The van der Waals surface area contributed by atoms with Crippen LogP contribution in [0.5, 0.6) is 0 Å². The van der Waals surface area contributed by atoms with E-state index in [1.165, 1.54) is 45.1 Å². The van der Waals surface area contributed by atoms with E-state index in [2.05, 4.69) is 24.3 Å². The number of piperidine rings is 1. The molecule has 2 aliphatic heterocycles. The zero-order valence-electron chi connectivity index (χ0n) is 12.0. The summed E-state index contributed by atoms with van der Waals surface area (Å²) in [6.45, 7) is 1.51. The Bertz CT molecular complexity index is 510. The number of quaternary nitrogens is 1. The Morgan fingerprint density at radius 2 is 1.90 bits per heavy atom. The third-order valence-electron chi connectivity index (χ3n) is 6.53. The predicted octanol–water partition coefficient (Wildman–Crippen LogP) is -0.824. The Balaban J connectivity index is 0.00000106. The molecular weight excluding hydrogens is 266 g/mol. The van der Waals surface area contributed by atoms with Crippen molar-refractivity contribution in [2.45, 2.75) is 56.5 Å². The van der Waals surface area contributed by atoms with Crippen molar-refractivity contribution in [2.75, 3.05) is 6.54 Å². The molecule has 4 aliphatic rings. The molecule has 2 bridgehead atoms. The monoisotopic (exact) mass is 289 g/mol. The number of halogens is 1. The molecule has 1 aromatic carbocycles.